The Balaban J connectivity index is 2.02. The molecule has 0 fully saturated rings. The molecule has 0 amide bonds. The van der Waals surface area contributed by atoms with Gasteiger partial charge in [0, 0.05) is 5.56 Å². The van der Waals surface area contributed by atoms with Crippen molar-refractivity contribution in [1.29, 1.82) is 0 Å². The van der Waals surface area contributed by atoms with Gasteiger partial charge in [0.15, 0.2) is 5.69 Å². The van der Waals surface area contributed by atoms with Gasteiger partial charge >= 0.3 is 5.97 Å². The predicted octanol–water partition coefficient (Wildman–Crippen LogP) is 1.49. The number of ether oxygens (including phenoxy) is 1. The number of aromatic nitrogens is 2. The summed E-state index contributed by atoms with van der Waals surface area (Å²) in [5.74, 6) is -1.08. The number of halogens is 1. The fourth-order valence-electron chi connectivity index (χ4n) is 1.29. The predicted molar refractivity (Wildman–Crippen MR) is 58.5 cm³/mol. The zero-order valence-corrected chi connectivity index (χ0v) is 8.81. The lowest BCUT2D eigenvalue weighted by Crippen LogP contribution is -2.08. The number of nitrogen functional groups attached to an aromatic ring is 1. The largest absolute Gasteiger partial charge is 0.456 e. The number of hydrogen-bond donors (Lipinski definition) is 2. The molecule has 0 radical (unpaired) electrons. The summed E-state index contributed by atoms with van der Waals surface area (Å²) in [6.07, 6.45) is 1.31. The summed E-state index contributed by atoms with van der Waals surface area (Å²) in [7, 11) is 0. The Morgan fingerprint density at radius 3 is 2.88 bits per heavy atom. The fourth-order valence-corrected chi connectivity index (χ4v) is 1.29. The lowest BCUT2D eigenvalue weighted by Gasteiger charge is -2.04. The van der Waals surface area contributed by atoms with Gasteiger partial charge in [0.1, 0.15) is 12.4 Å². The average Bonchev–Trinajstić information content (AvgIpc) is 2.74. The molecule has 88 valence electrons. The molecule has 0 aliphatic heterocycles. The maximum Gasteiger partial charge on any atom is 0.358 e. The monoisotopic (exact) mass is 235 g/mol. The van der Waals surface area contributed by atoms with Gasteiger partial charge in [0.2, 0.25) is 0 Å². The SMILES string of the molecule is Nc1cn[nH]c1C(=O)OCc1ccccc1F. The van der Waals surface area contributed by atoms with Crippen LogP contribution in [0.5, 0.6) is 0 Å². The number of nitrogens with one attached hydrogen (secondary N) is 1. The maximum atomic E-state index is 13.2. The molecule has 2 rings (SSSR count). The van der Waals surface area contributed by atoms with E-state index in [9.17, 15) is 9.18 Å². The number of nitrogens with two attached hydrogens (primary N) is 1. The highest BCUT2D eigenvalue weighted by Crippen LogP contribution is 2.11. The molecule has 0 aliphatic rings. The van der Waals surface area contributed by atoms with Crippen LogP contribution in [0.2, 0.25) is 0 Å². The van der Waals surface area contributed by atoms with Gasteiger partial charge in [-0.15, -0.1) is 0 Å². The van der Waals surface area contributed by atoms with E-state index in [0.29, 0.717) is 5.56 Å². The highest BCUT2D eigenvalue weighted by atomic mass is 19.1. The van der Waals surface area contributed by atoms with Gasteiger partial charge in [0.25, 0.3) is 0 Å². The van der Waals surface area contributed by atoms with Crippen molar-refractivity contribution < 1.29 is 13.9 Å². The molecule has 0 bridgehead atoms. The van der Waals surface area contributed by atoms with Crippen LogP contribution in [0, 0.1) is 5.82 Å². The van der Waals surface area contributed by atoms with Crippen molar-refractivity contribution >= 4 is 11.7 Å². The third-order valence-corrected chi connectivity index (χ3v) is 2.19. The maximum absolute atomic E-state index is 13.2. The van der Waals surface area contributed by atoms with Gasteiger partial charge in [0.05, 0.1) is 11.9 Å². The molecule has 17 heavy (non-hydrogen) atoms. The molecule has 0 aliphatic carbocycles. The van der Waals surface area contributed by atoms with E-state index in [1.165, 1.54) is 12.3 Å². The normalized spacial score (nSPS) is 10.2. The van der Waals surface area contributed by atoms with Crippen LogP contribution in [-0.2, 0) is 11.3 Å². The Kier molecular flexibility index (Phi) is 3.04. The average molecular weight is 235 g/mol. The van der Waals surface area contributed by atoms with Crippen LogP contribution < -0.4 is 5.73 Å². The molecule has 0 atom stereocenters. The summed E-state index contributed by atoms with van der Waals surface area (Å²) >= 11 is 0. The van der Waals surface area contributed by atoms with Gasteiger partial charge in [-0.25, -0.2) is 9.18 Å². The molecule has 0 saturated heterocycles. The van der Waals surface area contributed by atoms with Crippen LogP contribution in [-0.4, -0.2) is 16.2 Å². The third-order valence-electron chi connectivity index (χ3n) is 2.19. The van der Waals surface area contributed by atoms with E-state index in [4.69, 9.17) is 10.5 Å². The van der Waals surface area contributed by atoms with E-state index in [2.05, 4.69) is 10.2 Å². The standard InChI is InChI=1S/C11H10FN3O2/c12-8-4-2-1-3-7(8)6-17-11(16)10-9(13)5-14-15-10/h1-5H,6,13H2,(H,14,15). The highest BCUT2D eigenvalue weighted by molar-refractivity contribution is 5.92. The summed E-state index contributed by atoms with van der Waals surface area (Å²) in [6, 6.07) is 6.07. The number of esters is 1. The number of anilines is 1. The number of H-pyrrole nitrogens is 1. The third kappa shape index (κ3) is 2.41. The second-order valence-electron chi connectivity index (χ2n) is 3.37. The number of hydrogen-bond acceptors (Lipinski definition) is 4. The van der Waals surface area contributed by atoms with Crippen LogP contribution in [0.3, 0.4) is 0 Å². The second kappa shape index (κ2) is 4.65. The molecule has 1 heterocycles. The summed E-state index contributed by atoms with van der Waals surface area (Å²) in [4.78, 5) is 11.5. The van der Waals surface area contributed by atoms with Gasteiger partial charge in [-0.2, -0.15) is 5.10 Å². The Morgan fingerprint density at radius 1 is 1.47 bits per heavy atom. The van der Waals surface area contributed by atoms with Crippen LogP contribution in [0.1, 0.15) is 16.1 Å². The number of rotatable bonds is 3. The van der Waals surface area contributed by atoms with Gasteiger partial charge in [-0.1, -0.05) is 18.2 Å². The molecule has 0 unspecified atom stereocenters. The van der Waals surface area contributed by atoms with Crippen LogP contribution in [0.4, 0.5) is 10.1 Å². The van der Waals surface area contributed by atoms with E-state index in [1.807, 2.05) is 0 Å². The molecular weight excluding hydrogens is 225 g/mol. The first-order chi connectivity index (χ1) is 8.18. The van der Waals surface area contributed by atoms with Crippen molar-refractivity contribution in [3.05, 3.63) is 47.5 Å². The van der Waals surface area contributed by atoms with Crippen molar-refractivity contribution in [2.45, 2.75) is 6.61 Å². The molecule has 2 aromatic rings. The Hall–Kier alpha value is -2.37. The number of carbonyl (C=O) groups is 1. The van der Waals surface area contributed by atoms with Crippen LogP contribution in [0.25, 0.3) is 0 Å². The molecule has 0 spiro atoms. The van der Waals surface area contributed by atoms with Crippen molar-refractivity contribution in [3.8, 4) is 0 Å². The quantitative estimate of drug-likeness (QED) is 0.790. The summed E-state index contributed by atoms with van der Waals surface area (Å²) in [6.45, 7) is -0.149. The highest BCUT2D eigenvalue weighted by Gasteiger charge is 2.13. The van der Waals surface area contributed by atoms with E-state index < -0.39 is 11.8 Å². The topological polar surface area (TPSA) is 81.0 Å². The molecule has 1 aromatic carbocycles. The van der Waals surface area contributed by atoms with Crippen molar-refractivity contribution in [2.24, 2.45) is 0 Å². The van der Waals surface area contributed by atoms with Gasteiger partial charge in [-0.05, 0) is 6.07 Å². The summed E-state index contributed by atoms with van der Waals surface area (Å²) in [5, 5.41) is 6.00. The fraction of sp³-hybridized carbons (Fsp3) is 0.0909. The van der Waals surface area contributed by atoms with Crippen LogP contribution >= 0.6 is 0 Å². The lowest BCUT2D eigenvalue weighted by atomic mass is 10.2. The molecule has 5 nitrogen and oxygen atoms in total. The smallest absolute Gasteiger partial charge is 0.358 e. The number of nitrogens with zero attached hydrogens (tertiary/aromatic N) is 1. The molecule has 3 N–H and O–H groups in total. The summed E-state index contributed by atoms with van der Waals surface area (Å²) in [5.41, 5.74) is 6.04. The molecule has 0 saturated carbocycles. The molecule has 1 aromatic heterocycles. The number of carbonyl (C=O) groups excluding carboxylic acids is 1. The zero-order chi connectivity index (χ0) is 12.3. The first-order valence-corrected chi connectivity index (χ1v) is 4.88. The minimum atomic E-state index is -0.664. The van der Waals surface area contributed by atoms with Gasteiger partial charge in [-0.3, -0.25) is 5.10 Å². The van der Waals surface area contributed by atoms with E-state index in [-0.39, 0.29) is 18.0 Å². The lowest BCUT2D eigenvalue weighted by molar-refractivity contribution is 0.0463. The number of aromatic amines is 1. The van der Waals surface area contributed by atoms with Crippen molar-refractivity contribution in [3.63, 3.8) is 0 Å². The Bertz CT molecular complexity index is 539. The van der Waals surface area contributed by atoms with Crippen molar-refractivity contribution in [2.75, 3.05) is 5.73 Å². The minimum Gasteiger partial charge on any atom is -0.456 e. The van der Waals surface area contributed by atoms with Crippen LogP contribution in [0.15, 0.2) is 30.5 Å². The minimum absolute atomic E-state index is 0.0707. The molecular formula is C11H10FN3O2. The summed E-state index contributed by atoms with van der Waals surface area (Å²) < 4.78 is 18.1. The van der Waals surface area contributed by atoms with E-state index in [0.717, 1.165) is 0 Å². The second-order valence-corrected chi connectivity index (χ2v) is 3.37. The first kappa shape index (κ1) is 11.1. The first-order valence-electron chi connectivity index (χ1n) is 4.88. The van der Waals surface area contributed by atoms with E-state index in [1.54, 1.807) is 18.2 Å². The van der Waals surface area contributed by atoms with Crippen molar-refractivity contribution in [1.82, 2.24) is 10.2 Å². The number of benzene rings is 1. The Labute approximate surface area is 96.4 Å². The van der Waals surface area contributed by atoms with Gasteiger partial charge < -0.3 is 10.5 Å². The Morgan fingerprint density at radius 2 is 2.24 bits per heavy atom. The van der Waals surface area contributed by atoms with E-state index >= 15 is 0 Å². The molecule has 6 heteroatoms. The zero-order valence-electron chi connectivity index (χ0n) is 8.81.